The summed E-state index contributed by atoms with van der Waals surface area (Å²) in [4.78, 5) is 13.7. The van der Waals surface area contributed by atoms with Gasteiger partial charge in [0.1, 0.15) is 5.60 Å². The second-order valence-corrected chi connectivity index (χ2v) is 6.04. The first-order valence-corrected chi connectivity index (χ1v) is 7.09. The van der Waals surface area contributed by atoms with E-state index in [0.717, 1.165) is 32.4 Å². The minimum Gasteiger partial charge on any atom is -0.444 e. The molecular formula is C14H27NO4. The lowest BCUT2D eigenvalue weighted by Gasteiger charge is -2.33. The number of hydrogen-bond donors (Lipinski definition) is 1. The molecule has 0 spiro atoms. The Morgan fingerprint density at radius 2 is 1.89 bits per heavy atom. The molecule has 1 heterocycles. The van der Waals surface area contributed by atoms with Crippen LogP contribution in [0, 0.1) is 5.92 Å². The van der Waals surface area contributed by atoms with Gasteiger partial charge in [-0.15, -0.1) is 0 Å². The van der Waals surface area contributed by atoms with Gasteiger partial charge in [0, 0.05) is 19.7 Å². The number of carbonyl (C=O) groups is 1. The Morgan fingerprint density at radius 1 is 1.26 bits per heavy atom. The maximum Gasteiger partial charge on any atom is 0.410 e. The third-order valence-electron chi connectivity index (χ3n) is 3.17. The first-order valence-electron chi connectivity index (χ1n) is 7.09. The summed E-state index contributed by atoms with van der Waals surface area (Å²) in [5.41, 5.74) is -0.425. The SMILES string of the molecule is CC(C)(C)OC(=O)N1CCC(CCOCCO)CC1. The molecule has 112 valence electrons. The van der Waals surface area contributed by atoms with Gasteiger partial charge in [-0.3, -0.25) is 0 Å². The fourth-order valence-electron chi connectivity index (χ4n) is 2.15. The van der Waals surface area contributed by atoms with E-state index in [2.05, 4.69) is 0 Å². The highest BCUT2D eigenvalue weighted by molar-refractivity contribution is 5.68. The van der Waals surface area contributed by atoms with E-state index in [-0.39, 0.29) is 12.7 Å². The van der Waals surface area contributed by atoms with Crippen LogP contribution in [0.3, 0.4) is 0 Å². The van der Waals surface area contributed by atoms with Crippen molar-refractivity contribution in [3.05, 3.63) is 0 Å². The van der Waals surface area contributed by atoms with E-state index in [9.17, 15) is 4.79 Å². The van der Waals surface area contributed by atoms with Gasteiger partial charge in [0.25, 0.3) is 0 Å². The van der Waals surface area contributed by atoms with Crippen LogP contribution < -0.4 is 0 Å². The average molecular weight is 273 g/mol. The summed E-state index contributed by atoms with van der Waals surface area (Å²) in [5, 5.41) is 8.61. The number of carbonyl (C=O) groups excluding carboxylic acids is 1. The van der Waals surface area contributed by atoms with Crippen LogP contribution in [0.1, 0.15) is 40.0 Å². The largest absolute Gasteiger partial charge is 0.444 e. The fourth-order valence-corrected chi connectivity index (χ4v) is 2.15. The van der Waals surface area contributed by atoms with E-state index in [1.54, 1.807) is 4.90 Å². The second-order valence-electron chi connectivity index (χ2n) is 6.04. The maximum atomic E-state index is 11.9. The third-order valence-corrected chi connectivity index (χ3v) is 3.17. The molecule has 1 amide bonds. The van der Waals surface area contributed by atoms with Gasteiger partial charge in [0.2, 0.25) is 0 Å². The van der Waals surface area contributed by atoms with Crippen molar-refractivity contribution in [2.75, 3.05) is 32.9 Å². The zero-order valence-corrected chi connectivity index (χ0v) is 12.4. The zero-order valence-electron chi connectivity index (χ0n) is 12.4. The number of hydrogen-bond acceptors (Lipinski definition) is 4. The molecule has 0 bridgehead atoms. The van der Waals surface area contributed by atoms with Crippen molar-refractivity contribution < 1.29 is 19.4 Å². The van der Waals surface area contributed by atoms with Crippen molar-refractivity contribution in [1.82, 2.24) is 4.90 Å². The van der Waals surface area contributed by atoms with Gasteiger partial charge in [-0.2, -0.15) is 0 Å². The predicted molar refractivity (Wildman–Crippen MR) is 73.1 cm³/mol. The molecule has 5 nitrogen and oxygen atoms in total. The molecule has 1 aliphatic rings. The molecule has 0 aromatic carbocycles. The van der Waals surface area contributed by atoms with Crippen LogP contribution in [-0.2, 0) is 9.47 Å². The first kappa shape index (κ1) is 16.2. The van der Waals surface area contributed by atoms with Gasteiger partial charge < -0.3 is 19.5 Å². The molecule has 0 aromatic rings. The van der Waals surface area contributed by atoms with Gasteiger partial charge >= 0.3 is 6.09 Å². The molecule has 0 aliphatic carbocycles. The third kappa shape index (κ3) is 6.78. The summed E-state index contributed by atoms with van der Waals surface area (Å²) in [6, 6.07) is 0. The Hall–Kier alpha value is -0.810. The number of amides is 1. The Morgan fingerprint density at radius 3 is 2.42 bits per heavy atom. The second kappa shape index (κ2) is 7.70. The Labute approximate surface area is 115 Å². The number of ether oxygens (including phenoxy) is 2. The van der Waals surface area contributed by atoms with Gasteiger partial charge in [-0.25, -0.2) is 4.79 Å². The van der Waals surface area contributed by atoms with E-state index < -0.39 is 5.60 Å². The number of aliphatic hydroxyl groups is 1. The quantitative estimate of drug-likeness (QED) is 0.779. The Balaban J connectivity index is 2.19. The van der Waals surface area contributed by atoms with Crippen molar-refractivity contribution in [3.63, 3.8) is 0 Å². The number of nitrogens with zero attached hydrogens (tertiary/aromatic N) is 1. The van der Waals surface area contributed by atoms with Crippen molar-refractivity contribution >= 4 is 6.09 Å². The standard InChI is InChI=1S/C14H27NO4/c1-14(2,3)19-13(17)15-7-4-12(5-8-15)6-10-18-11-9-16/h12,16H,4-11H2,1-3H3. The van der Waals surface area contributed by atoms with Gasteiger partial charge in [-0.05, 0) is 46.0 Å². The lowest BCUT2D eigenvalue weighted by atomic mass is 9.94. The van der Waals surface area contributed by atoms with Gasteiger partial charge in [-0.1, -0.05) is 0 Å². The molecule has 1 N–H and O–H groups in total. The van der Waals surface area contributed by atoms with Crippen molar-refractivity contribution in [1.29, 1.82) is 0 Å². The van der Waals surface area contributed by atoms with Crippen LogP contribution >= 0.6 is 0 Å². The molecule has 0 radical (unpaired) electrons. The van der Waals surface area contributed by atoms with E-state index in [1.807, 2.05) is 20.8 Å². The first-order chi connectivity index (χ1) is 8.92. The smallest absolute Gasteiger partial charge is 0.410 e. The van der Waals surface area contributed by atoms with E-state index >= 15 is 0 Å². The Bertz CT molecular complexity index is 267. The fraction of sp³-hybridized carbons (Fsp3) is 0.929. The van der Waals surface area contributed by atoms with E-state index in [1.165, 1.54) is 0 Å². The minimum atomic E-state index is -0.425. The predicted octanol–water partition coefficient (Wildman–Crippen LogP) is 2.03. The molecule has 19 heavy (non-hydrogen) atoms. The Kier molecular flexibility index (Phi) is 6.58. The minimum absolute atomic E-state index is 0.0804. The van der Waals surface area contributed by atoms with Crippen molar-refractivity contribution in [2.45, 2.75) is 45.6 Å². The molecule has 0 unspecified atom stereocenters. The highest BCUT2D eigenvalue weighted by Crippen LogP contribution is 2.22. The molecular weight excluding hydrogens is 246 g/mol. The van der Waals surface area contributed by atoms with Crippen LogP contribution in [0.25, 0.3) is 0 Å². The summed E-state index contributed by atoms with van der Waals surface area (Å²) in [6.07, 6.45) is 2.80. The topological polar surface area (TPSA) is 59.0 Å². The van der Waals surface area contributed by atoms with Crippen molar-refractivity contribution in [2.24, 2.45) is 5.92 Å². The van der Waals surface area contributed by atoms with Crippen LogP contribution in [-0.4, -0.2) is 54.6 Å². The van der Waals surface area contributed by atoms with Gasteiger partial charge in [0.05, 0.1) is 13.2 Å². The molecule has 5 heteroatoms. The summed E-state index contributed by atoms with van der Waals surface area (Å²) in [6.45, 7) is 8.37. The highest BCUT2D eigenvalue weighted by atomic mass is 16.6. The summed E-state index contributed by atoms with van der Waals surface area (Å²) in [7, 11) is 0. The molecule has 1 rings (SSSR count). The van der Waals surface area contributed by atoms with Gasteiger partial charge in [0.15, 0.2) is 0 Å². The molecule has 1 aliphatic heterocycles. The number of piperidine rings is 1. The molecule has 0 aromatic heterocycles. The lowest BCUT2D eigenvalue weighted by Crippen LogP contribution is -2.41. The highest BCUT2D eigenvalue weighted by Gasteiger charge is 2.26. The van der Waals surface area contributed by atoms with E-state index in [0.29, 0.717) is 19.1 Å². The van der Waals surface area contributed by atoms with Crippen LogP contribution in [0.4, 0.5) is 4.79 Å². The van der Waals surface area contributed by atoms with Crippen molar-refractivity contribution in [3.8, 4) is 0 Å². The molecule has 0 saturated carbocycles. The molecule has 0 atom stereocenters. The molecule has 1 saturated heterocycles. The zero-order chi connectivity index (χ0) is 14.3. The summed E-state index contributed by atoms with van der Waals surface area (Å²) >= 11 is 0. The number of rotatable bonds is 5. The number of aliphatic hydroxyl groups excluding tert-OH is 1. The van der Waals surface area contributed by atoms with Crippen LogP contribution in [0.15, 0.2) is 0 Å². The monoisotopic (exact) mass is 273 g/mol. The van der Waals surface area contributed by atoms with Crippen LogP contribution in [0.5, 0.6) is 0 Å². The maximum absolute atomic E-state index is 11.9. The average Bonchev–Trinajstić information content (AvgIpc) is 2.33. The number of likely N-dealkylation sites (tertiary alicyclic amines) is 1. The van der Waals surface area contributed by atoms with E-state index in [4.69, 9.17) is 14.6 Å². The summed E-state index contributed by atoms with van der Waals surface area (Å²) < 4.78 is 10.6. The normalized spacial score (nSPS) is 17.6. The lowest BCUT2D eigenvalue weighted by molar-refractivity contribution is 0.0161. The molecule has 1 fully saturated rings. The summed E-state index contributed by atoms with van der Waals surface area (Å²) in [5.74, 6) is 0.609. The van der Waals surface area contributed by atoms with Crippen LogP contribution in [0.2, 0.25) is 0 Å².